The second kappa shape index (κ2) is 14.9. The van der Waals surface area contributed by atoms with Crippen molar-refractivity contribution in [2.24, 2.45) is 5.41 Å². The van der Waals surface area contributed by atoms with Crippen LogP contribution in [-0.4, -0.2) is 84.7 Å². The minimum Gasteiger partial charge on any atom is -0.352 e. The number of imide groups is 1. The Morgan fingerprint density at radius 2 is 1.58 bits per heavy atom. The van der Waals surface area contributed by atoms with Crippen molar-refractivity contribution in [3.63, 3.8) is 0 Å². The number of amides is 5. The monoisotopic (exact) mass is 599 g/mol. The van der Waals surface area contributed by atoms with Gasteiger partial charge in [0.2, 0.25) is 17.7 Å². The Hall–Kier alpha value is -4.06. The predicted molar refractivity (Wildman–Crippen MR) is 160 cm³/mol. The molecule has 1 aliphatic heterocycles. The van der Waals surface area contributed by atoms with Crippen LogP contribution in [0.1, 0.15) is 66.4 Å². The lowest BCUT2D eigenvalue weighted by atomic mass is 9.76. The summed E-state index contributed by atoms with van der Waals surface area (Å²) in [7, 11) is 3.31. The molecular weight excluding hydrogens is 554 g/mol. The Morgan fingerprint density at radius 3 is 2.12 bits per heavy atom. The fourth-order valence-corrected chi connectivity index (χ4v) is 4.63. The normalized spacial score (nSPS) is 15.5. The van der Waals surface area contributed by atoms with Crippen molar-refractivity contribution < 1.29 is 33.6 Å². The number of benzene rings is 1. The van der Waals surface area contributed by atoms with E-state index in [1.165, 1.54) is 4.90 Å². The second-order valence-electron chi connectivity index (χ2n) is 12.3. The molecule has 0 radical (unpaired) electrons. The van der Waals surface area contributed by atoms with E-state index in [2.05, 4.69) is 16.0 Å². The first kappa shape index (κ1) is 35.1. The first-order valence-electron chi connectivity index (χ1n) is 14.3. The third-order valence-electron chi connectivity index (χ3n) is 7.41. The number of carbonyl (C=O) groups is 6. The summed E-state index contributed by atoms with van der Waals surface area (Å²) in [5.74, 6) is -3.05. The summed E-state index contributed by atoms with van der Waals surface area (Å²) >= 11 is 0. The number of hydroxylamine groups is 2. The zero-order valence-corrected chi connectivity index (χ0v) is 26.4. The minimum atomic E-state index is -0.838. The molecule has 3 N–H and O–H groups in total. The van der Waals surface area contributed by atoms with Gasteiger partial charge < -0.3 is 25.7 Å². The van der Waals surface area contributed by atoms with Gasteiger partial charge in [-0.1, -0.05) is 71.0 Å². The van der Waals surface area contributed by atoms with E-state index in [1.807, 2.05) is 65.0 Å². The lowest BCUT2D eigenvalue weighted by Gasteiger charge is -2.38. The van der Waals surface area contributed by atoms with Crippen molar-refractivity contribution in [1.82, 2.24) is 25.9 Å². The van der Waals surface area contributed by atoms with Crippen LogP contribution in [0, 0.1) is 5.41 Å². The molecule has 0 aromatic heterocycles. The molecule has 1 fully saturated rings. The summed E-state index contributed by atoms with van der Waals surface area (Å²) in [5.41, 5.74) is 0.123. The van der Waals surface area contributed by atoms with Gasteiger partial charge in [-0.25, -0.2) is 4.79 Å². The molecule has 5 amide bonds. The molecule has 236 valence electrons. The average Bonchev–Trinajstić information content (AvgIpc) is 3.26. The number of nitrogens with zero attached hydrogens (tertiary/aromatic N) is 2. The number of nitrogens with one attached hydrogen (secondary N) is 3. The number of likely N-dealkylation sites (N-methyl/N-ethyl adjacent to an activating group) is 2. The molecule has 1 aliphatic rings. The van der Waals surface area contributed by atoms with E-state index in [9.17, 15) is 28.8 Å². The molecule has 2 atom stereocenters. The number of hydrogen-bond donors (Lipinski definition) is 3. The van der Waals surface area contributed by atoms with E-state index in [0.29, 0.717) is 10.6 Å². The Balaban J connectivity index is 1.97. The topological polar surface area (TPSA) is 154 Å². The third kappa shape index (κ3) is 9.47. The number of hydrogen-bond acceptors (Lipinski definition) is 8. The van der Waals surface area contributed by atoms with Crippen molar-refractivity contribution in [3.05, 3.63) is 47.5 Å². The molecule has 1 aromatic rings. The fourth-order valence-electron chi connectivity index (χ4n) is 4.63. The van der Waals surface area contributed by atoms with Gasteiger partial charge in [-0.3, -0.25) is 24.0 Å². The van der Waals surface area contributed by atoms with Gasteiger partial charge in [-0.2, -0.15) is 0 Å². The molecule has 1 unspecified atom stereocenters. The van der Waals surface area contributed by atoms with E-state index in [1.54, 1.807) is 27.1 Å². The molecule has 0 aliphatic carbocycles. The van der Waals surface area contributed by atoms with Crippen LogP contribution < -0.4 is 16.0 Å². The molecule has 1 saturated heterocycles. The molecule has 43 heavy (non-hydrogen) atoms. The molecule has 0 saturated carbocycles. The molecule has 0 spiro atoms. The van der Waals surface area contributed by atoms with Crippen LogP contribution in [0.25, 0.3) is 0 Å². The van der Waals surface area contributed by atoms with Crippen LogP contribution in [0.4, 0.5) is 0 Å². The smallest absolute Gasteiger partial charge is 0.334 e. The minimum absolute atomic E-state index is 0.00440. The third-order valence-corrected chi connectivity index (χ3v) is 7.41. The highest BCUT2D eigenvalue weighted by Gasteiger charge is 2.40. The molecule has 1 aromatic carbocycles. The van der Waals surface area contributed by atoms with E-state index in [4.69, 9.17) is 4.84 Å². The van der Waals surface area contributed by atoms with Gasteiger partial charge in [0.25, 0.3) is 11.8 Å². The Bertz CT molecular complexity index is 1220. The van der Waals surface area contributed by atoms with Gasteiger partial charge in [0.1, 0.15) is 6.04 Å². The SMILES string of the molecule is CN[C@H](C(=O)NC(C(=O)N(C)C/C=C(\C)C(=O)NCCC(=O)ON1C(=O)CCC1=O)C(C)(C)C)C(C)(C)c1ccccc1. The van der Waals surface area contributed by atoms with Crippen LogP contribution >= 0.6 is 0 Å². The van der Waals surface area contributed by atoms with Crippen molar-refractivity contribution in [2.45, 2.75) is 78.3 Å². The van der Waals surface area contributed by atoms with Gasteiger partial charge in [-0.15, -0.1) is 5.06 Å². The molecule has 12 nitrogen and oxygen atoms in total. The maximum Gasteiger partial charge on any atom is 0.334 e. The zero-order chi connectivity index (χ0) is 32.5. The summed E-state index contributed by atoms with van der Waals surface area (Å²) < 4.78 is 0. The molecular formula is C31H45N5O7. The van der Waals surface area contributed by atoms with E-state index in [-0.39, 0.29) is 44.2 Å². The van der Waals surface area contributed by atoms with Crippen molar-refractivity contribution in [2.75, 3.05) is 27.2 Å². The first-order valence-corrected chi connectivity index (χ1v) is 14.3. The molecule has 2 rings (SSSR count). The maximum absolute atomic E-state index is 13.5. The Labute approximate surface area is 253 Å². The zero-order valence-electron chi connectivity index (χ0n) is 26.4. The highest BCUT2D eigenvalue weighted by Crippen LogP contribution is 2.28. The van der Waals surface area contributed by atoms with Crippen LogP contribution in [0.5, 0.6) is 0 Å². The van der Waals surface area contributed by atoms with Crippen LogP contribution in [0.3, 0.4) is 0 Å². The first-order chi connectivity index (χ1) is 20.0. The van der Waals surface area contributed by atoms with E-state index in [0.717, 1.165) is 5.56 Å². The largest absolute Gasteiger partial charge is 0.352 e. The van der Waals surface area contributed by atoms with Gasteiger partial charge >= 0.3 is 5.97 Å². The van der Waals surface area contributed by atoms with E-state index < -0.39 is 46.6 Å². The number of rotatable bonds is 13. The summed E-state index contributed by atoms with van der Waals surface area (Å²) in [5, 5.41) is 9.10. The van der Waals surface area contributed by atoms with Crippen molar-refractivity contribution in [3.8, 4) is 0 Å². The van der Waals surface area contributed by atoms with Crippen molar-refractivity contribution >= 4 is 35.5 Å². The quantitative estimate of drug-likeness (QED) is 0.228. The maximum atomic E-state index is 13.5. The van der Waals surface area contributed by atoms with Gasteiger partial charge in [0.05, 0.1) is 12.5 Å². The van der Waals surface area contributed by atoms with Gasteiger partial charge in [-0.05, 0) is 24.9 Å². The lowest BCUT2D eigenvalue weighted by Crippen LogP contribution is -2.60. The van der Waals surface area contributed by atoms with E-state index >= 15 is 0 Å². The summed E-state index contributed by atoms with van der Waals surface area (Å²) in [4.78, 5) is 80.8. The average molecular weight is 600 g/mol. The summed E-state index contributed by atoms with van der Waals surface area (Å²) in [6, 6.07) is 8.24. The van der Waals surface area contributed by atoms with Crippen molar-refractivity contribution in [1.29, 1.82) is 0 Å². The molecule has 1 heterocycles. The summed E-state index contributed by atoms with van der Waals surface area (Å²) in [6.45, 7) is 11.2. The Kier molecular flexibility index (Phi) is 12.2. The highest BCUT2D eigenvalue weighted by atomic mass is 16.7. The summed E-state index contributed by atoms with van der Waals surface area (Å²) in [6.07, 6.45) is 1.32. The number of carbonyl (C=O) groups excluding carboxylic acids is 6. The van der Waals surface area contributed by atoms with Gasteiger partial charge in [0, 0.05) is 44.0 Å². The van der Waals surface area contributed by atoms with Gasteiger partial charge in [0.15, 0.2) is 0 Å². The molecule has 12 heteroatoms. The standard InChI is InChI=1S/C31H45N5O7/c1-20(27(40)33-18-16-24(39)43-36-22(37)14-15-23(36)38)17-19-35(8)29(42)26(30(2,3)4)34-28(41)25(32-7)31(5,6)21-12-10-9-11-13-21/h9-13,17,25-26,32H,14-16,18-19H2,1-8H3,(H,33,40)(H,34,41)/b20-17+/t25-,26?/m1/s1. The highest BCUT2D eigenvalue weighted by molar-refractivity contribution is 6.01. The second-order valence-corrected chi connectivity index (χ2v) is 12.3. The van der Waals surface area contributed by atoms with Crippen LogP contribution in [-0.2, 0) is 39.0 Å². The predicted octanol–water partition coefficient (Wildman–Crippen LogP) is 1.60. The molecule has 0 bridgehead atoms. The fraction of sp³-hybridized carbons (Fsp3) is 0.548. The van der Waals surface area contributed by atoms with Crippen LogP contribution in [0.2, 0.25) is 0 Å². The van der Waals surface area contributed by atoms with Crippen LogP contribution in [0.15, 0.2) is 42.0 Å². The lowest BCUT2D eigenvalue weighted by molar-refractivity contribution is -0.197. The Morgan fingerprint density at radius 1 is 1.00 bits per heavy atom.